The minimum Gasteiger partial charge on any atom is -0.466 e. The van der Waals surface area contributed by atoms with Gasteiger partial charge >= 0.3 is 5.97 Å². The summed E-state index contributed by atoms with van der Waals surface area (Å²) < 4.78 is 44.0. The lowest BCUT2D eigenvalue weighted by molar-refractivity contribution is -0.142. The molecular formula is C14H12F3N3O2S. The number of rotatable bonds is 6. The Labute approximate surface area is 133 Å². The molecule has 0 bridgehead atoms. The van der Waals surface area contributed by atoms with Crippen molar-refractivity contribution in [3.05, 3.63) is 46.2 Å². The number of benzene rings is 1. The normalized spacial score (nSPS) is 11.0. The van der Waals surface area contributed by atoms with Crippen LogP contribution in [0.5, 0.6) is 0 Å². The van der Waals surface area contributed by atoms with E-state index in [1.807, 2.05) is 0 Å². The summed E-state index contributed by atoms with van der Waals surface area (Å²) in [6.45, 7) is 2.00. The Morgan fingerprint density at radius 2 is 2.09 bits per heavy atom. The van der Waals surface area contributed by atoms with Crippen LogP contribution < -0.4 is 5.43 Å². The van der Waals surface area contributed by atoms with Gasteiger partial charge in [0, 0.05) is 17.0 Å². The summed E-state index contributed by atoms with van der Waals surface area (Å²) in [5, 5.41) is 5.71. The van der Waals surface area contributed by atoms with Gasteiger partial charge in [-0.25, -0.2) is 18.2 Å². The quantitative estimate of drug-likeness (QED) is 0.379. The molecule has 0 spiro atoms. The summed E-state index contributed by atoms with van der Waals surface area (Å²) in [4.78, 5) is 15.4. The van der Waals surface area contributed by atoms with Gasteiger partial charge in [-0.05, 0) is 13.0 Å². The Kier molecular flexibility index (Phi) is 5.69. The first-order chi connectivity index (χ1) is 11.0. The highest BCUT2D eigenvalue weighted by Crippen LogP contribution is 2.16. The van der Waals surface area contributed by atoms with E-state index in [-0.39, 0.29) is 18.6 Å². The van der Waals surface area contributed by atoms with Crippen LogP contribution in [0.3, 0.4) is 0 Å². The zero-order chi connectivity index (χ0) is 16.8. The van der Waals surface area contributed by atoms with E-state index in [1.54, 1.807) is 12.3 Å². The summed E-state index contributed by atoms with van der Waals surface area (Å²) in [5.74, 6) is -3.76. The Bertz CT molecular complexity index is 734. The summed E-state index contributed by atoms with van der Waals surface area (Å²) >= 11 is 1.18. The average Bonchev–Trinajstić information content (AvgIpc) is 2.92. The lowest BCUT2D eigenvalue weighted by Gasteiger charge is -1.99. The van der Waals surface area contributed by atoms with Crippen molar-refractivity contribution < 1.29 is 22.7 Å². The molecule has 5 nitrogen and oxygen atoms in total. The second-order valence-electron chi connectivity index (χ2n) is 4.28. The van der Waals surface area contributed by atoms with Crippen LogP contribution in [0.15, 0.2) is 22.6 Å². The predicted octanol–water partition coefficient (Wildman–Crippen LogP) is 3.11. The molecule has 122 valence electrons. The monoisotopic (exact) mass is 343 g/mol. The van der Waals surface area contributed by atoms with Crippen LogP contribution in [0, 0.1) is 17.5 Å². The summed E-state index contributed by atoms with van der Waals surface area (Å²) in [5.41, 5.74) is 2.82. The standard InChI is InChI=1S/C14H12F3N3O2S/c1-2-22-13(21)4-9-7-23-14(19-9)20-18-6-8-3-11(16)12(17)5-10(8)15/h3,5-7H,2,4H2,1H3,(H,19,20). The number of hydrogen-bond acceptors (Lipinski definition) is 6. The van der Waals surface area contributed by atoms with Crippen LogP contribution in [0.25, 0.3) is 0 Å². The van der Waals surface area contributed by atoms with Crippen molar-refractivity contribution in [2.24, 2.45) is 5.10 Å². The maximum absolute atomic E-state index is 13.4. The van der Waals surface area contributed by atoms with Gasteiger partial charge in [-0.2, -0.15) is 5.10 Å². The lowest BCUT2D eigenvalue weighted by atomic mass is 10.2. The second kappa shape index (κ2) is 7.73. The van der Waals surface area contributed by atoms with Gasteiger partial charge in [0.15, 0.2) is 11.6 Å². The third kappa shape index (κ3) is 4.78. The van der Waals surface area contributed by atoms with Crippen LogP contribution in [-0.4, -0.2) is 23.8 Å². The molecule has 0 atom stereocenters. The molecule has 0 aliphatic heterocycles. The molecule has 1 aromatic heterocycles. The SMILES string of the molecule is CCOC(=O)Cc1csc(NN=Cc2cc(F)c(F)cc2F)n1. The molecule has 0 fully saturated rings. The Morgan fingerprint density at radius 1 is 1.35 bits per heavy atom. The molecule has 0 saturated carbocycles. The number of hydrazone groups is 1. The van der Waals surface area contributed by atoms with E-state index in [1.165, 1.54) is 11.3 Å². The van der Waals surface area contributed by atoms with Crippen LogP contribution in [0.2, 0.25) is 0 Å². The van der Waals surface area contributed by atoms with E-state index in [0.717, 1.165) is 6.21 Å². The lowest BCUT2D eigenvalue weighted by Crippen LogP contribution is -2.07. The maximum Gasteiger partial charge on any atom is 0.311 e. The highest BCUT2D eigenvalue weighted by molar-refractivity contribution is 7.13. The largest absolute Gasteiger partial charge is 0.466 e. The molecule has 2 rings (SSSR count). The van der Waals surface area contributed by atoms with Crippen molar-refractivity contribution in [1.82, 2.24) is 4.98 Å². The van der Waals surface area contributed by atoms with Gasteiger partial charge in [-0.1, -0.05) is 0 Å². The number of nitrogens with zero attached hydrogens (tertiary/aromatic N) is 2. The molecule has 23 heavy (non-hydrogen) atoms. The Hall–Kier alpha value is -2.42. The summed E-state index contributed by atoms with van der Waals surface area (Å²) in [7, 11) is 0. The molecule has 9 heteroatoms. The van der Waals surface area contributed by atoms with Gasteiger partial charge in [0.2, 0.25) is 5.13 Å². The van der Waals surface area contributed by atoms with Gasteiger partial charge in [0.25, 0.3) is 0 Å². The summed E-state index contributed by atoms with van der Waals surface area (Å²) in [6, 6.07) is 1.14. The number of carbonyl (C=O) groups is 1. The van der Waals surface area contributed by atoms with Crippen molar-refractivity contribution in [2.45, 2.75) is 13.3 Å². The highest BCUT2D eigenvalue weighted by atomic mass is 32.1. The fourth-order valence-corrected chi connectivity index (χ4v) is 2.25. The topological polar surface area (TPSA) is 63.6 Å². The van der Waals surface area contributed by atoms with Crippen molar-refractivity contribution in [1.29, 1.82) is 0 Å². The first-order valence-electron chi connectivity index (χ1n) is 6.53. The number of nitrogens with one attached hydrogen (secondary N) is 1. The van der Waals surface area contributed by atoms with E-state index in [4.69, 9.17) is 4.74 Å². The molecule has 0 aliphatic carbocycles. The van der Waals surface area contributed by atoms with E-state index in [2.05, 4.69) is 15.5 Å². The minimum absolute atomic E-state index is 0.0353. The van der Waals surface area contributed by atoms with Gasteiger partial charge < -0.3 is 4.74 Å². The number of carbonyl (C=O) groups excluding carboxylic acids is 1. The van der Waals surface area contributed by atoms with Crippen LogP contribution >= 0.6 is 11.3 Å². The molecule has 2 aromatic rings. The highest BCUT2D eigenvalue weighted by Gasteiger charge is 2.09. The van der Waals surface area contributed by atoms with E-state index >= 15 is 0 Å². The predicted molar refractivity (Wildman–Crippen MR) is 80.0 cm³/mol. The maximum atomic E-state index is 13.4. The van der Waals surface area contributed by atoms with Crippen molar-refractivity contribution >= 4 is 28.7 Å². The molecule has 1 heterocycles. The van der Waals surface area contributed by atoms with Crippen LogP contribution in [-0.2, 0) is 16.0 Å². The zero-order valence-electron chi connectivity index (χ0n) is 12.0. The van der Waals surface area contributed by atoms with Crippen molar-refractivity contribution in [3.63, 3.8) is 0 Å². The molecule has 0 radical (unpaired) electrons. The number of hydrogen-bond donors (Lipinski definition) is 1. The molecule has 0 aliphatic rings. The fraction of sp³-hybridized carbons (Fsp3) is 0.214. The van der Waals surface area contributed by atoms with Crippen LogP contribution in [0.1, 0.15) is 18.2 Å². The second-order valence-corrected chi connectivity index (χ2v) is 5.14. The molecule has 0 unspecified atom stereocenters. The fourth-order valence-electron chi connectivity index (χ4n) is 1.59. The Morgan fingerprint density at radius 3 is 2.83 bits per heavy atom. The third-order valence-electron chi connectivity index (χ3n) is 2.59. The van der Waals surface area contributed by atoms with E-state index < -0.39 is 23.4 Å². The van der Waals surface area contributed by atoms with Gasteiger partial charge in [-0.15, -0.1) is 11.3 Å². The minimum atomic E-state index is -1.27. The van der Waals surface area contributed by atoms with Crippen molar-refractivity contribution in [2.75, 3.05) is 12.0 Å². The first-order valence-corrected chi connectivity index (χ1v) is 7.41. The smallest absolute Gasteiger partial charge is 0.311 e. The summed E-state index contributed by atoms with van der Waals surface area (Å²) in [6.07, 6.45) is 1.04. The Balaban J connectivity index is 1.97. The third-order valence-corrected chi connectivity index (χ3v) is 3.38. The number of anilines is 1. The van der Waals surface area contributed by atoms with Gasteiger partial charge in [0.05, 0.1) is 24.9 Å². The van der Waals surface area contributed by atoms with Crippen LogP contribution in [0.4, 0.5) is 18.3 Å². The molecule has 0 saturated heterocycles. The zero-order valence-corrected chi connectivity index (χ0v) is 12.8. The number of halogens is 3. The first kappa shape index (κ1) is 16.9. The molecular weight excluding hydrogens is 331 g/mol. The number of esters is 1. The van der Waals surface area contributed by atoms with Gasteiger partial charge in [0.1, 0.15) is 5.82 Å². The van der Waals surface area contributed by atoms with Crippen molar-refractivity contribution in [3.8, 4) is 0 Å². The number of aromatic nitrogens is 1. The number of thiazole rings is 1. The molecule has 1 N–H and O–H groups in total. The number of ether oxygens (including phenoxy) is 1. The van der Waals surface area contributed by atoms with Gasteiger partial charge in [-0.3, -0.25) is 10.2 Å². The molecule has 0 amide bonds. The van der Waals surface area contributed by atoms with E-state index in [0.29, 0.717) is 23.0 Å². The van der Waals surface area contributed by atoms with E-state index in [9.17, 15) is 18.0 Å². The molecule has 1 aromatic carbocycles. The average molecular weight is 343 g/mol.